The lowest BCUT2D eigenvalue weighted by atomic mass is 10.2. The Labute approximate surface area is 129 Å². The molecule has 21 heavy (non-hydrogen) atoms. The van der Waals surface area contributed by atoms with Crippen LogP contribution in [0.2, 0.25) is 5.02 Å². The van der Waals surface area contributed by atoms with E-state index in [0.29, 0.717) is 17.4 Å². The van der Waals surface area contributed by atoms with E-state index in [-0.39, 0.29) is 0 Å². The Hall–Kier alpha value is -2.20. The molecule has 0 unspecified atom stereocenters. The Balaban J connectivity index is 2.09. The van der Waals surface area contributed by atoms with Crippen LogP contribution in [0.1, 0.15) is 12.5 Å². The number of ether oxygens (including phenoxy) is 2. The Morgan fingerprint density at radius 3 is 2.71 bits per heavy atom. The molecule has 2 aromatic carbocycles. The van der Waals surface area contributed by atoms with E-state index in [1.807, 2.05) is 43.3 Å². The van der Waals surface area contributed by atoms with Crippen LogP contribution in [0.15, 0.2) is 47.6 Å². The Morgan fingerprint density at radius 1 is 1.19 bits per heavy atom. The zero-order valence-electron chi connectivity index (χ0n) is 12.0. The van der Waals surface area contributed by atoms with Crippen molar-refractivity contribution >= 4 is 23.5 Å². The van der Waals surface area contributed by atoms with Gasteiger partial charge in [-0.15, -0.1) is 0 Å². The fourth-order valence-corrected chi connectivity index (χ4v) is 1.95. The third-order valence-corrected chi connectivity index (χ3v) is 3.09. The van der Waals surface area contributed by atoms with E-state index in [4.69, 9.17) is 21.1 Å². The Morgan fingerprint density at radius 2 is 2.00 bits per heavy atom. The van der Waals surface area contributed by atoms with Crippen LogP contribution in [0.5, 0.6) is 11.5 Å². The molecule has 0 amide bonds. The van der Waals surface area contributed by atoms with Crippen molar-refractivity contribution in [3.8, 4) is 11.5 Å². The molecule has 0 aromatic heterocycles. The summed E-state index contributed by atoms with van der Waals surface area (Å²) < 4.78 is 10.8. The molecule has 0 saturated heterocycles. The van der Waals surface area contributed by atoms with Gasteiger partial charge in [-0.05, 0) is 42.8 Å². The quantitative estimate of drug-likeness (QED) is 0.642. The first-order valence-electron chi connectivity index (χ1n) is 6.59. The highest BCUT2D eigenvalue weighted by molar-refractivity contribution is 6.33. The van der Waals surface area contributed by atoms with Crippen molar-refractivity contribution in [2.24, 2.45) is 5.10 Å². The van der Waals surface area contributed by atoms with E-state index in [9.17, 15) is 0 Å². The predicted octanol–water partition coefficient (Wildman–Crippen LogP) is 4.19. The summed E-state index contributed by atoms with van der Waals surface area (Å²) in [6, 6.07) is 13.1. The maximum atomic E-state index is 6.04. The highest BCUT2D eigenvalue weighted by Crippen LogP contribution is 2.27. The highest BCUT2D eigenvalue weighted by atomic mass is 35.5. The zero-order chi connectivity index (χ0) is 15.1. The lowest BCUT2D eigenvalue weighted by molar-refractivity contribution is 0.311. The van der Waals surface area contributed by atoms with Crippen LogP contribution >= 0.6 is 11.6 Å². The molecule has 2 aromatic rings. The molecule has 0 saturated carbocycles. The molecule has 0 atom stereocenters. The summed E-state index contributed by atoms with van der Waals surface area (Å²) in [5.74, 6) is 1.40. The topological polar surface area (TPSA) is 42.8 Å². The van der Waals surface area contributed by atoms with E-state index < -0.39 is 0 Å². The van der Waals surface area contributed by atoms with Crippen LogP contribution in [0, 0.1) is 0 Å². The number of benzene rings is 2. The highest BCUT2D eigenvalue weighted by Gasteiger charge is 2.04. The zero-order valence-corrected chi connectivity index (χ0v) is 12.7. The summed E-state index contributed by atoms with van der Waals surface area (Å²) in [4.78, 5) is 0. The van der Waals surface area contributed by atoms with Gasteiger partial charge in [-0.3, -0.25) is 5.43 Å². The molecule has 2 rings (SSSR count). The van der Waals surface area contributed by atoms with Crippen LogP contribution in [0.3, 0.4) is 0 Å². The SMILES string of the molecule is CCOc1ccc(/C=N\Nc2ccccc2Cl)cc1OC. The minimum Gasteiger partial charge on any atom is -0.493 e. The molecule has 0 spiro atoms. The summed E-state index contributed by atoms with van der Waals surface area (Å²) in [5.41, 5.74) is 4.56. The van der Waals surface area contributed by atoms with Gasteiger partial charge in [-0.1, -0.05) is 23.7 Å². The van der Waals surface area contributed by atoms with Gasteiger partial charge in [0.2, 0.25) is 0 Å². The molecule has 4 nitrogen and oxygen atoms in total. The van der Waals surface area contributed by atoms with Crippen LogP contribution < -0.4 is 14.9 Å². The molecule has 1 N–H and O–H groups in total. The molecule has 0 aliphatic carbocycles. The standard InChI is InChI=1S/C16H17ClN2O2/c1-3-21-15-9-8-12(10-16(15)20-2)11-18-19-14-7-5-4-6-13(14)17/h4-11,19H,3H2,1-2H3/b18-11-. The number of rotatable bonds is 6. The van der Waals surface area contributed by atoms with Gasteiger partial charge in [0.1, 0.15) is 0 Å². The molecule has 5 heteroatoms. The predicted molar refractivity (Wildman–Crippen MR) is 86.8 cm³/mol. The average molecular weight is 305 g/mol. The van der Waals surface area contributed by atoms with Gasteiger partial charge in [0.25, 0.3) is 0 Å². The first-order valence-corrected chi connectivity index (χ1v) is 6.97. The van der Waals surface area contributed by atoms with Gasteiger partial charge in [0, 0.05) is 0 Å². The van der Waals surface area contributed by atoms with Gasteiger partial charge >= 0.3 is 0 Å². The Bertz CT molecular complexity index is 629. The molecular formula is C16H17ClN2O2. The number of anilines is 1. The van der Waals surface area contributed by atoms with Crippen LogP contribution in [-0.2, 0) is 0 Å². The molecule has 0 bridgehead atoms. The second-order valence-corrected chi connectivity index (χ2v) is 4.60. The summed E-state index contributed by atoms with van der Waals surface area (Å²) in [6.45, 7) is 2.53. The first-order chi connectivity index (χ1) is 10.2. The second-order valence-electron chi connectivity index (χ2n) is 4.19. The number of methoxy groups -OCH3 is 1. The second kappa shape index (κ2) is 7.55. The number of nitrogens with zero attached hydrogens (tertiary/aromatic N) is 1. The summed E-state index contributed by atoms with van der Waals surface area (Å²) in [6.07, 6.45) is 1.70. The molecule has 110 valence electrons. The summed E-state index contributed by atoms with van der Waals surface area (Å²) in [7, 11) is 1.61. The maximum Gasteiger partial charge on any atom is 0.161 e. The van der Waals surface area contributed by atoms with Gasteiger partial charge in [0.05, 0.1) is 30.6 Å². The average Bonchev–Trinajstić information content (AvgIpc) is 2.51. The minimum absolute atomic E-state index is 0.595. The van der Waals surface area contributed by atoms with Crippen molar-refractivity contribution in [2.45, 2.75) is 6.92 Å². The molecule has 0 fully saturated rings. The number of nitrogens with one attached hydrogen (secondary N) is 1. The lowest BCUT2D eigenvalue weighted by Gasteiger charge is -2.09. The molecule has 0 aliphatic rings. The number of para-hydroxylation sites is 1. The largest absolute Gasteiger partial charge is 0.493 e. The van der Waals surface area contributed by atoms with E-state index in [1.165, 1.54) is 0 Å². The van der Waals surface area contributed by atoms with Crippen molar-refractivity contribution in [2.75, 3.05) is 19.1 Å². The molecule has 0 heterocycles. The van der Waals surface area contributed by atoms with Crippen molar-refractivity contribution < 1.29 is 9.47 Å². The third kappa shape index (κ3) is 4.13. The van der Waals surface area contributed by atoms with Gasteiger partial charge < -0.3 is 9.47 Å². The van der Waals surface area contributed by atoms with E-state index in [2.05, 4.69) is 10.5 Å². The van der Waals surface area contributed by atoms with Crippen molar-refractivity contribution in [1.82, 2.24) is 0 Å². The Kier molecular flexibility index (Phi) is 5.46. The third-order valence-electron chi connectivity index (χ3n) is 2.76. The van der Waals surface area contributed by atoms with E-state index in [0.717, 1.165) is 17.0 Å². The smallest absolute Gasteiger partial charge is 0.161 e. The van der Waals surface area contributed by atoms with Crippen molar-refractivity contribution in [3.63, 3.8) is 0 Å². The number of hydrogen-bond acceptors (Lipinski definition) is 4. The molecule has 0 radical (unpaired) electrons. The van der Waals surface area contributed by atoms with E-state index >= 15 is 0 Å². The number of hydrazone groups is 1. The maximum absolute atomic E-state index is 6.04. The summed E-state index contributed by atoms with van der Waals surface area (Å²) >= 11 is 6.04. The first kappa shape index (κ1) is 15.2. The fourth-order valence-electron chi connectivity index (χ4n) is 1.77. The number of hydrogen-bond donors (Lipinski definition) is 1. The molecular weight excluding hydrogens is 288 g/mol. The lowest BCUT2D eigenvalue weighted by Crippen LogP contribution is -1.97. The van der Waals surface area contributed by atoms with Crippen LogP contribution in [0.25, 0.3) is 0 Å². The van der Waals surface area contributed by atoms with Gasteiger partial charge in [-0.2, -0.15) is 5.10 Å². The number of halogens is 1. The fraction of sp³-hybridized carbons (Fsp3) is 0.188. The minimum atomic E-state index is 0.595. The van der Waals surface area contributed by atoms with Crippen LogP contribution in [-0.4, -0.2) is 19.9 Å². The normalized spacial score (nSPS) is 10.6. The monoisotopic (exact) mass is 304 g/mol. The molecule has 0 aliphatic heterocycles. The van der Waals surface area contributed by atoms with Gasteiger partial charge in [-0.25, -0.2) is 0 Å². The van der Waals surface area contributed by atoms with Crippen molar-refractivity contribution in [3.05, 3.63) is 53.1 Å². The van der Waals surface area contributed by atoms with Crippen LogP contribution in [0.4, 0.5) is 5.69 Å². The summed E-state index contributed by atoms with van der Waals surface area (Å²) in [5, 5.41) is 4.79. The van der Waals surface area contributed by atoms with E-state index in [1.54, 1.807) is 19.4 Å². The van der Waals surface area contributed by atoms with Crippen molar-refractivity contribution in [1.29, 1.82) is 0 Å². The van der Waals surface area contributed by atoms with Gasteiger partial charge in [0.15, 0.2) is 11.5 Å².